The highest BCUT2D eigenvalue weighted by Crippen LogP contribution is 2.29. The molecule has 0 saturated heterocycles. The summed E-state index contributed by atoms with van der Waals surface area (Å²) in [6.45, 7) is 3.64. The fourth-order valence-corrected chi connectivity index (χ4v) is 2.55. The van der Waals surface area contributed by atoms with Gasteiger partial charge in [-0.05, 0) is 41.8 Å². The third-order valence-electron chi connectivity index (χ3n) is 3.58. The van der Waals surface area contributed by atoms with Gasteiger partial charge in [-0.2, -0.15) is 0 Å². The van der Waals surface area contributed by atoms with Gasteiger partial charge < -0.3 is 10.6 Å². The number of amides is 2. The molecule has 0 saturated carbocycles. The van der Waals surface area contributed by atoms with Crippen LogP contribution in [0.2, 0.25) is 0 Å². The van der Waals surface area contributed by atoms with E-state index in [1.165, 1.54) is 18.1 Å². The topological polar surface area (TPSA) is 58.2 Å². The Labute approximate surface area is 130 Å². The molecule has 0 aromatic heterocycles. The molecule has 0 bridgehead atoms. The second-order valence-electron chi connectivity index (χ2n) is 5.15. The summed E-state index contributed by atoms with van der Waals surface area (Å²) in [4.78, 5) is 21.5. The van der Waals surface area contributed by atoms with Crippen LogP contribution in [0.3, 0.4) is 0 Å². The van der Waals surface area contributed by atoms with Gasteiger partial charge in [-0.15, -0.1) is 0 Å². The summed E-state index contributed by atoms with van der Waals surface area (Å²) >= 11 is 0. The zero-order valence-corrected chi connectivity index (χ0v) is 12.8. The zero-order chi connectivity index (χ0) is 15.9. The molecule has 0 fully saturated rings. The quantitative estimate of drug-likeness (QED) is 0.797. The van der Waals surface area contributed by atoms with Crippen LogP contribution in [-0.2, 0) is 9.59 Å². The third kappa shape index (κ3) is 3.95. The Morgan fingerprint density at radius 3 is 1.91 bits per heavy atom. The number of carbonyl (C=O) groups excluding carboxylic acids is 2. The highest BCUT2D eigenvalue weighted by Gasteiger charge is 2.12. The highest BCUT2D eigenvalue weighted by molar-refractivity contribution is 5.88. The molecule has 22 heavy (non-hydrogen) atoms. The molecule has 114 valence electrons. The first-order valence-corrected chi connectivity index (χ1v) is 7.31. The molecule has 2 amide bonds. The van der Waals surface area contributed by atoms with E-state index in [9.17, 15) is 9.59 Å². The predicted molar refractivity (Wildman–Crippen MR) is 89.0 cm³/mol. The molecular weight excluding hydrogens is 276 g/mol. The van der Waals surface area contributed by atoms with E-state index in [1.807, 2.05) is 48.5 Å². The van der Waals surface area contributed by atoms with E-state index in [2.05, 4.69) is 17.6 Å². The van der Waals surface area contributed by atoms with E-state index >= 15 is 0 Å². The first-order valence-electron chi connectivity index (χ1n) is 7.31. The molecule has 2 rings (SSSR count). The molecule has 4 nitrogen and oxygen atoms in total. The van der Waals surface area contributed by atoms with Gasteiger partial charge in [0.2, 0.25) is 12.3 Å². The van der Waals surface area contributed by atoms with Crippen LogP contribution >= 0.6 is 0 Å². The first-order chi connectivity index (χ1) is 10.6. The molecule has 2 aromatic carbocycles. The van der Waals surface area contributed by atoms with Crippen LogP contribution in [0.4, 0.5) is 11.4 Å². The molecule has 2 N–H and O–H groups in total. The lowest BCUT2D eigenvalue weighted by Gasteiger charge is -2.17. The second-order valence-corrected chi connectivity index (χ2v) is 5.15. The molecule has 2 aromatic rings. The maximum atomic E-state index is 11.1. The Morgan fingerprint density at radius 1 is 1.00 bits per heavy atom. The number of anilines is 2. The molecule has 0 aliphatic carbocycles. The van der Waals surface area contributed by atoms with E-state index in [-0.39, 0.29) is 11.8 Å². The summed E-state index contributed by atoms with van der Waals surface area (Å²) < 4.78 is 0. The number of rotatable bonds is 6. The van der Waals surface area contributed by atoms with Crippen LogP contribution < -0.4 is 10.6 Å². The number of benzene rings is 2. The average molecular weight is 296 g/mol. The Hall–Kier alpha value is -2.62. The molecule has 0 aliphatic rings. The Kier molecular flexibility index (Phi) is 5.31. The standard InChI is InChI=1S/C18H20N2O2/c1-3-18(14-4-8-16(9-5-14)19-12-21)15-6-10-17(11-7-15)20-13(2)22/h4-12,18H,3H2,1-2H3,(H,19,21)(H,20,22). The average Bonchev–Trinajstić information content (AvgIpc) is 2.51. The lowest BCUT2D eigenvalue weighted by molar-refractivity contribution is -0.114. The maximum Gasteiger partial charge on any atom is 0.221 e. The number of hydrogen-bond acceptors (Lipinski definition) is 2. The van der Waals surface area contributed by atoms with E-state index in [0.717, 1.165) is 17.8 Å². The Bertz CT molecular complexity index is 633. The van der Waals surface area contributed by atoms with Gasteiger partial charge >= 0.3 is 0 Å². The van der Waals surface area contributed by atoms with Crippen molar-refractivity contribution in [1.82, 2.24) is 0 Å². The molecule has 1 atom stereocenters. The summed E-state index contributed by atoms with van der Waals surface area (Å²) in [5.74, 6) is 0.217. The van der Waals surface area contributed by atoms with Crippen LogP contribution in [0, 0.1) is 0 Å². The molecule has 0 spiro atoms. The third-order valence-corrected chi connectivity index (χ3v) is 3.58. The van der Waals surface area contributed by atoms with Crippen molar-refractivity contribution < 1.29 is 9.59 Å². The Balaban J connectivity index is 2.19. The van der Waals surface area contributed by atoms with Crippen molar-refractivity contribution in [3.63, 3.8) is 0 Å². The van der Waals surface area contributed by atoms with Gasteiger partial charge in [0.1, 0.15) is 0 Å². The Morgan fingerprint density at radius 2 is 1.50 bits per heavy atom. The fourth-order valence-electron chi connectivity index (χ4n) is 2.55. The van der Waals surface area contributed by atoms with Crippen molar-refractivity contribution in [2.75, 3.05) is 10.6 Å². The van der Waals surface area contributed by atoms with Crippen LogP contribution in [0.25, 0.3) is 0 Å². The number of hydrogen-bond donors (Lipinski definition) is 2. The van der Waals surface area contributed by atoms with Crippen molar-refractivity contribution in [3.8, 4) is 0 Å². The van der Waals surface area contributed by atoms with E-state index in [1.54, 1.807) is 0 Å². The van der Waals surface area contributed by atoms with Crippen LogP contribution in [0.15, 0.2) is 48.5 Å². The summed E-state index contributed by atoms with van der Waals surface area (Å²) in [6.07, 6.45) is 1.65. The minimum absolute atomic E-state index is 0.0712. The number of nitrogens with one attached hydrogen (secondary N) is 2. The molecule has 0 heterocycles. The minimum Gasteiger partial charge on any atom is -0.329 e. The van der Waals surface area contributed by atoms with Crippen molar-refractivity contribution in [2.45, 2.75) is 26.2 Å². The smallest absolute Gasteiger partial charge is 0.221 e. The van der Waals surface area contributed by atoms with Gasteiger partial charge in [0.05, 0.1) is 0 Å². The SMILES string of the molecule is CCC(c1ccc(NC=O)cc1)c1ccc(NC(C)=O)cc1. The van der Waals surface area contributed by atoms with Gasteiger partial charge in [0.25, 0.3) is 0 Å². The predicted octanol–water partition coefficient (Wildman–Crippen LogP) is 3.76. The van der Waals surface area contributed by atoms with E-state index in [4.69, 9.17) is 0 Å². The number of carbonyl (C=O) groups is 2. The van der Waals surface area contributed by atoms with Crippen LogP contribution in [-0.4, -0.2) is 12.3 Å². The molecule has 4 heteroatoms. The van der Waals surface area contributed by atoms with Crippen molar-refractivity contribution in [2.24, 2.45) is 0 Å². The highest BCUT2D eigenvalue weighted by atomic mass is 16.1. The maximum absolute atomic E-state index is 11.1. The van der Waals surface area contributed by atoms with E-state index in [0.29, 0.717) is 6.41 Å². The van der Waals surface area contributed by atoms with Crippen molar-refractivity contribution >= 4 is 23.7 Å². The summed E-state index contributed by atoms with van der Waals surface area (Å²) in [5.41, 5.74) is 3.99. The largest absolute Gasteiger partial charge is 0.329 e. The summed E-state index contributed by atoms with van der Waals surface area (Å²) in [5, 5.41) is 5.41. The van der Waals surface area contributed by atoms with Gasteiger partial charge in [0, 0.05) is 24.2 Å². The second kappa shape index (κ2) is 7.41. The van der Waals surface area contributed by atoms with Crippen LogP contribution in [0.5, 0.6) is 0 Å². The normalized spacial score (nSPS) is 11.5. The monoisotopic (exact) mass is 296 g/mol. The minimum atomic E-state index is -0.0712. The van der Waals surface area contributed by atoms with Gasteiger partial charge in [-0.3, -0.25) is 9.59 Å². The molecule has 0 aliphatic heterocycles. The zero-order valence-electron chi connectivity index (χ0n) is 12.8. The fraction of sp³-hybridized carbons (Fsp3) is 0.222. The summed E-state index contributed by atoms with van der Waals surface area (Å²) in [7, 11) is 0. The summed E-state index contributed by atoms with van der Waals surface area (Å²) in [6, 6.07) is 15.8. The van der Waals surface area contributed by atoms with Crippen molar-refractivity contribution in [1.29, 1.82) is 0 Å². The lowest BCUT2D eigenvalue weighted by Crippen LogP contribution is -2.06. The van der Waals surface area contributed by atoms with Gasteiger partial charge in [0.15, 0.2) is 0 Å². The van der Waals surface area contributed by atoms with Crippen LogP contribution in [0.1, 0.15) is 37.3 Å². The molecule has 0 radical (unpaired) electrons. The van der Waals surface area contributed by atoms with Gasteiger partial charge in [-0.25, -0.2) is 0 Å². The molecule has 1 unspecified atom stereocenters. The van der Waals surface area contributed by atoms with E-state index < -0.39 is 0 Å². The van der Waals surface area contributed by atoms with Crippen molar-refractivity contribution in [3.05, 3.63) is 59.7 Å². The molecular formula is C18H20N2O2. The lowest BCUT2D eigenvalue weighted by atomic mass is 9.89. The van der Waals surface area contributed by atoms with Gasteiger partial charge in [-0.1, -0.05) is 31.2 Å². The first kappa shape index (κ1) is 15.8.